The number of guanidine groups is 1. The fourth-order valence-corrected chi connectivity index (χ4v) is 2.58. The molecule has 0 radical (unpaired) electrons. The molecule has 0 aromatic carbocycles. The summed E-state index contributed by atoms with van der Waals surface area (Å²) in [6.45, 7) is 7.50. The number of aromatic nitrogens is 2. The maximum absolute atomic E-state index is 5.42. The van der Waals surface area contributed by atoms with Crippen molar-refractivity contribution in [2.75, 3.05) is 7.05 Å². The van der Waals surface area contributed by atoms with Gasteiger partial charge in [0.1, 0.15) is 0 Å². The van der Waals surface area contributed by atoms with Crippen molar-refractivity contribution in [2.24, 2.45) is 4.99 Å². The van der Waals surface area contributed by atoms with Crippen LogP contribution in [0.25, 0.3) is 0 Å². The third-order valence-corrected chi connectivity index (χ3v) is 4.02. The molecule has 0 aliphatic heterocycles. The van der Waals surface area contributed by atoms with E-state index in [1.165, 1.54) is 0 Å². The van der Waals surface area contributed by atoms with Gasteiger partial charge in [0.15, 0.2) is 11.7 Å². The predicted molar refractivity (Wildman–Crippen MR) is 111 cm³/mol. The largest absolute Gasteiger partial charge is 0.359 e. The molecule has 0 aliphatic rings. The molecule has 0 atom stereocenters. The maximum Gasteiger partial charge on any atom is 0.191 e. The molecule has 0 fully saturated rings. The zero-order valence-corrected chi connectivity index (χ0v) is 17.7. The molecule has 0 unspecified atom stereocenters. The Kier molecular flexibility index (Phi) is 9.48. The summed E-state index contributed by atoms with van der Waals surface area (Å²) in [4.78, 5) is 8.68. The second-order valence-corrected chi connectivity index (χ2v) is 5.78. The zero-order chi connectivity index (χ0) is 17.4. The summed E-state index contributed by atoms with van der Waals surface area (Å²) < 4.78 is 5.42. The Hall–Kier alpha value is -1.64. The van der Waals surface area contributed by atoms with Gasteiger partial charge >= 0.3 is 0 Å². The Morgan fingerprint density at radius 3 is 2.56 bits per heavy atom. The van der Waals surface area contributed by atoms with Gasteiger partial charge in [0.25, 0.3) is 0 Å². The van der Waals surface area contributed by atoms with E-state index < -0.39 is 0 Å². The molecule has 6 nitrogen and oxygen atoms in total. The van der Waals surface area contributed by atoms with Crippen LogP contribution in [0.1, 0.15) is 55.4 Å². The van der Waals surface area contributed by atoms with Crippen molar-refractivity contribution in [3.63, 3.8) is 0 Å². The highest BCUT2D eigenvalue weighted by Gasteiger charge is 2.13. The highest BCUT2D eigenvalue weighted by molar-refractivity contribution is 14.0. The van der Waals surface area contributed by atoms with Gasteiger partial charge in [0, 0.05) is 24.7 Å². The van der Waals surface area contributed by atoms with E-state index in [0.717, 1.165) is 35.7 Å². The number of aryl methyl sites for hydroxylation is 1. The molecular formula is C18H28IN5O. The molecule has 0 spiro atoms. The summed E-state index contributed by atoms with van der Waals surface area (Å²) in [5.74, 6) is 1.99. The van der Waals surface area contributed by atoms with Crippen LogP contribution in [-0.4, -0.2) is 23.1 Å². The molecule has 2 rings (SSSR count). The molecule has 0 aliphatic carbocycles. The van der Waals surface area contributed by atoms with E-state index in [2.05, 4.69) is 39.6 Å². The van der Waals surface area contributed by atoms with Crippen LogP contribution in [0.4, 0.5) is 0 Å². The van der Waals surface area contributed by atoms with E-state index in [0.29, 0.717) is 25.0 Å². The molecule has 2 aromatic heterocycles. The van der Waals surface area contributed by atoms with E-state index in [1.807, 2.05) is 31.2 Å². The second kappa shape index (κ2) is 11.1. The summed E-state index contributed by atoms with van der Waals surface area (Å²) in [7, 11) is 1.75. The first kappa shape index (κ1) is 21.4. The molecule has 0 bridgehead atoms. The van der Waals surface area contributed by atoms with Gasteiger partial charge in [-0.2, -0.15) is 0 Å². The number of nitrogens with one attached hydrogen (secondary N) is 2. The van der Waals surface area contributed by atoms with Crippen LogP contribution in [-0.2, 0) is 13.1 Å². The van der Waals surface area contributed by atoms with Crippen LogP contribution < -0.4 is 10.6 Å². The SMILES string of the molecule is CCC(CC)c1cc(CNC(=NC)NCc2cccc(C)n2)on1.I. The van der Waals surface area contributed by atoms with Gasteiger partial charge in [0.05, 0.1) is 24.5 Å². The average molecular weight is 457 g/mol. The van der Waals surface area contributed by atoms with Gasteiger partial charge in [-0.1, -0.05) is 25.1 Å². The lowest BCUT2D eigenvalue weighted by molar-refractivity contribution is 0.368. The van der Waals surface area contributed by atoms with E-state index in [4.69, 9.17) is 4.52 Å². The van der Waals surface area contributed by atoms with Gasteiger partial charge in [-0.3, -0.25) is 9.98 Å². The number of nitrogens with zero attached hydrogens (tertiary/aromatic N) is 3. The highest BCUT2D eigenvalue weighted by Crippen LogP contribution is 2.22. The lowest BCUT2D eigenvalue weighted by Crippen LogP contribution is -2.36. The number of pyridine rings is 1. The molecule has 0 saturated carbocycles. The Balaban J connectivity index is 0.00000312. The number of hydrogen-bond acceptors (Lipinski definition) is 4. The van der Waals surface area contributed by atoms with Crippen molar-refractivity contribution in [2.45, 2.75) is 52.6 Å². The maximum atomic E-state index is 5.42. The Morgan fingerprint density at radius 1 is 1.20 bits per heavy atom. The van der Waals surface area contributed by atoms with Crippen LogP contribution in [0.15, 0.2) is 33.8 Å². The van der Waals surface area contributed by atoms with E-state index in [1.54, 1.807) is 7.05 Å². The van der Waals surface area contributed by atoms with Crippen LogP contribution in [0, 0.1) is 6.92 Å². The predicted octanol–water partition coefficient (Wildman–Crippen LogP) is 3.76. The first-order chi connectivity index (χ1) is 11.7. The lowest BCUT2D eigenvalue weighted by Gasteiger charge is -2.10. The van der Waals surface area contributed by atoms with Gasteiger partial charge in [-0.25, -0.2) is 0 Å². The fraction of sp³-hybridized carbons (Fsp3) is 0.500. The standard InChI is InChI=1S/C18H27N5O.HI/c1-5-14(6-2)17-10-16(24-23-17)12-21-18(19-4)20-11-15-9-7-8-13(3)22-15;/h7-10,14H,5-6,11-12H2,1-4H3,(H2,19,20,21);1H. The average Bonchev–Trinajstić information content (AvgIpc) is 3.05. The van der Waals surface area contributed by atoms with Crippen molar-refractivity contribution >= 4 is 29.9 Å². The third-order valence-electron chi connectivity index (χ3n) is 4.02. The summed E-state index contributed by atoms with van der Waals surface area (Å²) in [5, 5.41) is 10.7. The molecule has 7 heteroatoms. The molecule has 25 heavy (non-hydrogen) atoms. The lowest BCUT2D eigenvalue weighted by atomic mass is 9.99. The van der Waals surface area contributed by atoms with Crippen LogP contribution in [0.2, 0.25) is 0 Å². The molecule has 0 amide bonds. The minimum absolute atomic E-state index is 0. The van der Waals surface area contributed by atoms with Crippen LogP contribution in [0.3, 0.4) is 0 Å². The summed E-state index contributed by atoms with van der Waals surface area (Å²) in [6, 6.07) is 8.01. The quantitative estimate of drug-likeness (QED) is 0.376. The first-order valence-corrected chi connectivity index (χ1v) is 8.48. The highest BCUT2D eigenvalue weighted by atomic mass is 127. The summed E-state index contributed by atoms with van der Waals surface area (Å²) in [6.07, 6.45) is 2.14. The Labute approximate surface area is 166 Å². The van der Waals surface area contributed by atoms with Crippen molar-refractivity contribution < 1.29 is 4.52 Å². The molecular weight excluding hydrogens is 429 g/mol. The van der Waals surface area contributed by atoms with Gasteiger partial charge in [0.2, 0.25) is 0 Å². The number of rotatable bonds is 7. The van der Waals surface area contributed by atoms with Crippen molar-refractivity contribution in [3.8, 4) is 0 Å². The minimum atomic E-state index is 0. The third kappa shape index (κ3) is 6.64. The van der Waals surface area contributed by atoms with Gasteiger partial charge < -0.3 is 15.2 Å². The number of halogens is 1. The van der Waals surface area contributed by atoms with Crippen LogP contribution in [0.5, 0.6) is 0 Å². The topological polar surface area (TPSA) is 75.3 Å². The monoisotopic (exact) mass is 457 g/mol. The first-order valence-electron chi connectivity index (χ1n) is 8.48. The van der Waals surface area contributed by atoms with E-state index in [9.17, 15) is 0 Å². The smallest absolute Gasteiger partial charge is 0.191 e. The van der Waals surface area contributed by atoms with Crippen LogP contribution >= 0.6 is 24.0 Å². The van der Waals surface area contributed by atoms with Crippen molar-refractivity contribution in [3.05, 3.63) is 47.1 Å². The normalized spacial score (nSPS) is 11.3. The summed E-state index contributed by atoms with van der Waals surface area (Å²) >= 11 is 0. The van der Waals surface area contributed by atoms with Crippen molar-refractivity contribution in [1.82, 2.24) is 20.8 Å². The number of aliphatic imine (C=N–C) groups is 1. The van der Waals surface area contributed by atoms with E-state index >= 15 is 0 Å². The minimum Gasteiger partial charge on any atom is -0.359 e. The molecule has 2 aromatic rings. The van der Waals surface area contributed by atoms with Gasteiger partial charge in [-0.15, -0.1) is 24.0 Å². The van der Waals surface area contributed by atoms with Crippen molar-refractivity contribution in [1.29, 1.82) is 0 Å². The Bertz CT molecular complexity index is 667. The Morgan fingerprint density at radius 2 is 1.92 bits per heavy atom. The molecule has 0 saturated heterocycles. The molecule has 2 N–H and O–H groups in total. The van der Waals surface area contributed by atoms with Gasteiger partial charge in [-0.05, 0) is 31.9 Å². The molecule has 2 heterocycles. The fourth-order valence-electron chi connectivity index (χ4n) is 2.58. The number of hydrogen-bond donors (Lipinski definition) is 2. The second-order valence-electron chi connectivity index (χ2n) is 5.78. The molecule has 138 valence electrons. The zero-order valence-electron chi connectivity index (χ0n) is 15.4. The van der Waals surface area contributed by atoms with E-state index in [-0.39, 0.29) is 24.0 Å². The summed E-state index contributed by atoms with van der Waals surface area (Å²) in [5.41, 5.74) is 3.02.